The molecule has 2 aliphatic carbocycles. The third-order valence-corrected chi connectivity index (χ3v) is 5.81. The molecule has 1 unspecified atom stereocenters. The summed E-state index contributed by atoms with van der Waals surface area (Å²) in [5.74, 6) is 1.00. The molecule has 7 heteroatoms. The summed E-state index contributed by atoms with van der Waals surface area (Å²) in [6.45, 7) is 0. The molecular formula is C19H32N4O3. The Morgan fingerprint density at radius 1 is 1.27 bits per heavy atom. The third-order valence-electron chi connectivity index (χ3n) is 5.81. The highest BCUT2D eigenvalue weighted by Crippen LogP contribution is 2.36. The van der Waals surface area contributed by atoms with E-state index in [1.54, 1.807) is 12.4 Å². The number of hydrogen-bond acceptors (Lipinski definition) is 5. The molecule has 2 aliphatic rings. The van der Waals surface area contributed by atoms with Crippen LogP contribution in [0.15, 0.2) is 12.4 Å². The van der Waals surface area contributed by atoms with Gasteiger partial charge in [0, 0.05) is 18.8 Å². The molecule has 0 spiro atoms. The predicted octanol–water partition coefficient (Wildman–Crippen LogP) is 0.866. The van der Waals surface area contributed by atoms with Crippen molar-refractivity contribution < 1.29 is 15.0 Å². The second-order valence-corrected chi connectivity index (χ2v) is 8.02. The van der Waals surface area contributed by atoms with Gasteiger partial charge in [0.05, 0.1) is 18.2 Å². The number of nitrogens with zero attached hydrogens (tertiary/aromatic N) is 1. The van der Waals surface area contributed by atoms with E-state index in [1.807, 2.05) is 0 Å². The monoisotopic (exact) mass is 364 g/mol. The summed E-state index contributed by atoms with van der Waals surface area (Å²) in [5, 5.41) is 24.0. The molecule has 0 aliphatic heterocycles. The molecule has 1 aromatic rings. The van der Waals surface area contributed by atoms with Gasteiger partial charge in [-0.15, -0.1) is 0 Å². The number of rotatable bonds is 9. The van der Waals surface area contributed by atoms with E-state index < -0.39 is 24.3 Å². The Bertz CT molecular complexity index is 555. The number of imidazole rings is 1. The van der Waals surface area contributed by atoms with Crippen molar-refractivity contribution in [1.29, 1.82) is 0 Å². The van der Waals surface area contributed by atoms with Crippen molar-refractivity contribution in [2.75, 3.05) is 0 Å². The van der Waals surface area contributed by atoms with Crippen LogP contribution in [-0.2, 0) is 11.2 Å². The van der Waals surface area contributed by atoms with Crippen molar-refractivity contribution in [3.05, 3.63) is 18.2 Å². The van der Waals surface area contributed by atoms with Crippen LogP contribution in [0.25, 0.3) is 0 Å². The minimum Gasteiger partial charge on any atom is -0.390 e. The molecule has 1 aromatic heterocycles. The Labute approximate surface area is 154 Å². The van der Waals surface area contributed by atoms with Gasteiger partial charge in [-0.3, -0.25) is 4.79 Å². The lowest BCUT2D eigenvalue weighted by molar-refractivity contribution is -0.125. The van der Waals surface area contributed by atoms with Gasteiger partial charge in [-0.2, -0.15) is 0 Å². The molecule has 7 nitrogen and oxygen atoms in total. The van der Waals surface area contributed by atoms with Gasteiger partial charge in [0.25, 0.3) is 0 Å². The minimum absolute atomic E-state index is 0.160. The fourth-order valence-electron chi connectivity index (χ4n) is 4.02. The van der Waals surface area contributed by atoms with Crippen LogP contribution in [0.3, 0.4) is 0 Å². The number of aromatic nitrogens is 2. The average Bonchev–Trinajstić information content (AvgIpc) is 3.38. The fraction of sp³-hybridized carbons (Fsp3) is 0.789. The first kappa shape index (κ1) is 19.3. The molecule has 26 heavy (non-hydrogen) atoms. The molecule has 6 N–H and O–H groups in total. The lowest BCUT2D eigenvalue weighted by atomic mass is 9.82. The summed E-state index contributed by atoms with van der Waals surface area (Å²) < 4.78 is 0. The normalized spacial score (nSPS) is 23.2. The number of aliphatic hydroxyl groups is 2. The maximum atomic E-state index is 12.6. The molecule has 3 rings (SSSR count). The first-order valence-corrected chi connectivity index (χ1v) is 9.95. The number of H-pyrrole nitrogens is 1. The molecule has 4 atom stereocenters. The summed E-state index contributed by atoms with van der Waals surface area (Å²) in [5.41, 5.74) is 6.02. The highest BCUT2D eigenvalue weighted by Gasteiger charge is 2.39. The van der Waals surface area contributed by atoms with E-state index in [2.05, 4.69) is 15.3 Å². The second-order valence-electron chi connectivity index (χ2n) is 8.02. The van der Waals surface area contributed by atoms with Gasteiger partial charge in [0.15, 0.2) is 0 Å². The van der Waals surface area contributed by atoms with Crippen LogP contribution in [0.5, 0.6) is 0 Å². The molecule has 0 radical (unpaired) electrons. The highest BCUT2D eigenvalue weighted by atomic mass is 16.3. The number of carbonyl (C=O) groups is 1. The summed E-state index contributed by atoms with van der Waals surface area (Å²) >= 11 is 0. The van der Waals surface area contributed by atoms with E-state index in [0.29, 0.717) is 24.6 Å². The number of nitrogens with two attached hydrogens (primary N) is 1. The van der Waals surface area contributed by atoms with Gasteiger partial charge in [-0.25, -0.2) is 4.98 Å². The molecule has 146 valence electrons. The van der Waals surface area contributed by atoms with Gasteiger partial charge >= 0.3 is 0 Å². The van der Waals surface area contributed by atoms with Crippen molar-refractivity contribution in [2.24, 2.45) is 17.6 Å². The summed E-state index contributed by atoms with van der Waals surface area (Å²) in [4.78, 5) is 19.6. The van der Waals surface area contributed by atoms with Crippen LogP contribution in [0.1, 0.15) is 57.2 Å². The van der Waals surface area contributed by atoms with Crippen LogP contribution in [0.2, 0.25) is 0 Å². The van der Waals surface area contributed by atoms with Crippen molar-refractivity contribution in [3.63, 3.8) is 0 Å². The number of hydrogen-bond donors (Lipinski definition) is 5. The SMILES string of the molecule is N[C@@H](Cc1ncc[nH]1)C(=O)N[C@@H](CC1CCCCC1)[C@@H](O)C(O)C1CC1. The van der Waals surface area contributed by atoms with E-state index in [9.17, 15) is 15.0 Å². The van der Waals surface area contributed by atoms with E-state index in [-0.39, 0.29) is 11.8 Å². The maximum Gasteiger partial charge on any atom is 0.237 e. The van der Waals surface area contributed by atoms with Crippen LogP contribution in [0, 0.1) is 11.8 Å². The van der Waals surface area contributed by atoms with E-state index in [0.717, 1.165) is 25.7 Å². The Kier molecular flexibility index (Phi) is 6.67. The zero-order chi connectivity index (χ0) is 18.5. The molecule has 1 heterocycles. The van der Waals surface area contributed by atoms with Gasteiger partial charge in [0.1, 0.15) is 11.9 Å². The lowest BCUT2D eigenvalue weighted by Gasteiger charge is -2.33. The molecular weight excluding hydrogens is 332 g/mol. The Morgan fingerprint density at radius 3 is 2.62 bits per heavy atom. The summed E-state index contributed by atoms with van der Waals surface area (Å²) in [6.07, 6.45) is 10.4. The zero-order valence-electron chi connectivity index (χ0n) is 15.3. The molecule has 0 bridgehead atoms. The van der Waals surface area contributed by atoms with Crippen LogP contribution in [0.4, 0.5) is 0 Å². The minimum atomic E-state index is -0.941. The van der Waals surface area contributed by atoms with E-state index in [1.165, 1.54) is 19.3 Å². The summed E-state index contributed by atoms with van der Waals surface area (Å²) in [7, 11) is 0. The first-order valence-electron chi connectivity index (χ1n) is 9.95. The Morgan fingerprint density at radius 2 is 2.00 bits per heavy atom. The first-order chi connectivity index (χ1) is 12.5. The average molecular weight is 364 g/mol. The Hall–Kier alpha value is -1.44. The van der Waals surface area contributed by atoms with Gasteiger partial charge < -0.3 is 26.2 Å². The van der Waals surface area contributed by atoms with Gasteiger partial charge in [0.2, 0.25) is 5.91 Å². The standard InChI is InChI=1S/C19H32N4O3/c20-14(11-16-21-8-9-22-16)19(26)23-15(10-12-4-2-1-3-5-12)18(25)17(24)13-6-7-13/h8-9,12-15,17-18,24-25H,1-7,10-11,20H2,(H,21,22)(H,23,26)/t14-,15-,17?,18+/m0/s1. The van der Waals surface area contributed by atoms with Gasteiger partial charge in [-0.1, -0.05) is 32.1 Å². The largest absolute Gasteiger partial charge is 0.390 e. The van der Waals surface area contributed by atoms with Crippen molar-refractivity contribution in [1.82, 2.24) is 15.3 Å². The van der Waals surface area contributed by atoms with Crippen LogP contribution in [-0.4, -0.2) is 50.4 Å². The number of nitrogens with one attached hydrogen (secondary N) is 2. The predicted molar refractivity (Wildman–Crippen MR) is 98.1 cm³/mol. The number of amides is 1. The fourth-order valence-corrected chi connectivity index (χ4v) is 4.02. The third kappa shape index (κ3) is 5.28. The number of aliphatic hydroxyl groups excluding tert-OH is 2. The molecule has 0 aromatic carbocycles. The van der Waals surface area contributed by atoms with Gasteiger partial charge in [-0.05, 0) is 31.1 Å². The Balaban J connectivity index is 1.60. The quantitative estimate of drug-likeness (QED) is 0.445. The molecule has 2 fully saturated rings. The van der Waals surface area contributed by atoms with E-state index >= 15 is 0 Å². The highest BCUT2D eigenvalue weighted by molar-refractivity contribution is 5.82. The van der Waals surface area contributed by atoms with Crippen molar-refractivity contribution in [3.8, 4) is 0 Å². The molecule has 2 saturated carbocycles. The van der Waals surface area contributed by atoms with Crippen LogP contribution >= 0.6 is 0 Å². The maximum absolute atomic E-state index is 12.6. The smallest absolute Gasteiger partial charge is 0.237 e. The summed E-state index contributed by atoms with van der Waals surface area (Å²) in [6, 6.07) is -1.19. The number of carbonyl (C=O) groups excluding carboxylic acids is 1. The van der Waals surface area contributed by atoms with E-state index in [4.69, 9.17) is 5.73 Å². The lowest BCUT2D eigenvalue weighted by Crippen LogP contribution is -2.54. The van der Waals surface area contributed by atoms with Crippen molar-refractivity contribution in [2.45, 2.75) is 82.1 Å². The number of aromatic amines is 1. The second kappa shape index (κ2) is 8.97. The molecule has 0 saturated heterocycles. The molecule has 1 amide bonds. The van der Waals surface area contributed by atoms with Crippen LogP contribution < -0.4 is 11.1 Å². The topological polar surface area (TPSA) is 124 Å². The zero-order valence-corrected chi connectivity index (χ0v) is 15.3. The van der Waals surface area contributed by atoms with Crippen molar-refractivity contribution >= 4 is 5.91 Å².